The van der Waals surface area contributed by atoms with Gasteiger partial charge in [0.05, 0.1) is 12.2 Å². The van der Waals surface area contributed by atoms with Crippen LogP contribution in [0.5, 0.6) is 0 Å². The van der Waals surface area contributed by atoms with E-state index >= 15 is 0 Å². The van der Waals surface area contributed by atoms with E-state index < -0.39 is 0 Å². The van der Waals surface area contributed by atoms with Crippen molar-refractivity contribution in [2.45, 2.75) is 44.4 Å². The van der Waals surface area contributed by atoms with Crippen LogP contribution in [0.2, 0.25) is 0 Å². The molecule has 18 heavy (non-hydrogen) atoms. The fourth-order valence-electron chi connectivity index (χ4n) is 3.23. The van der Waals surface area contributed by atoms with Gasteiger partial charge >= 0.3 is 0 Å². The Bertz CT molecular complexity index is 238. The van der Waals surface area contributed by atoms with E-state index in [1.165, 1.54) is 25.8 Å². The standard InChI is InChI=1S/C14H28N2O2/c1-4-7-15-8-11-5-6-12(11)16-9-13(17-2)14(10-16)18-3/h11-15H,4-10H2,1-3H3. The minimum Gasteiger partial charge on any atom is -0.377 e. The van der Waals surface area contributed by atoms with Crippen LogP contribution in [0.15, 0.2) is 0 Å². The third kappa shape index (κ3) is 3.05. The second-order valence-corrected chi connectivity index (χ2v) is 5.61. The molecule has 2 rings (SSSR count). The third-order valence-corrected chi connectivity index (χ3v) is 4.53. The van der Waals surface area contributed by atoms with Crippen LogP contribution in [0.25, 0.3) is 0 Å². The first-order valence-electron chi connectivity index (χ1n) is 7.30. The second kappa shape index (κ2) is 6.85. The Labute approximate surface area is 111 Å². The van der Waals surface area contributed by atoms with E-state index in [1.54, 1.807) is 14.2 Å². The summed E-state index contributed by atoms with van der Waals surface area (Å²) in [4.78, 5) is 2.57. The molecule has 2 fully saturated rings. The molecule has 1 aliphatic carbocycles. The van der Waals surface area contributed by atoms with Crippen molar-refractivity contribution in [1.82, 2.24) is 10.2 Å². The van der Waals surface area contributed by atoms with Gasteiger partial charge in [0.2, 0.25) is 0 Å². The summed E-state index contributed by atoms with van der Waals surface area (Å²) in [6, 6.07) is 0.743. The summed E-state index contributed by atoms with van der Waals surface area (Å²) in [6.45, 7) is 6.60. The molecule has 0 aromatic carbocycles. The first kappa shape index (κ1) is 14.3. The van der Waals surface area contributed by atoms with Crippen molar-refractivity contribution in [2.24, 2.45) is 5.92 Å². The Morgan fingerprint density at radius 3 is 2.22 bits per heavy atom. The number of hydrogen-bond acceptors (Lipinski definition) is 4. The Balaban J connectivity index is 1.78. The average molecular weight is 256 g/mol. The monoisotopic (exact) mass is 256 g/mol. The summed E-state index contributed by atoms with van der Waals surface area (Å²) >= 11 is 0. The summed E-state index contributed by atoms with van der Waals surface area (Å²) in [5.74, 6) is 0.824. The fraction of sp³-hybridized carbons (Fsp3) is 1.00. The molecule has 0 aromatic heterocycles. The van der Waals surface area contributed by atoms with Gasteiger partial charge in [-0.05, 0) is 38.3 Å². The highest BCUT2D eigenvalue weighted by Crippen LogP contribution is 2.34. The molecule has 2 aliphatic rings. The van der Waals surface area contributed by atoms with E-state index in [1.807, 2.05) is 0 Å². The largest absolute Gasteiger partial charge is 0.377 e. The van der Waals surface area contributed by atoms with Gasteiger partial charge in [-0.15, -0.1) is 0 Å². The molecule has 106 valence electrons. The normalized spacial score (nSPS) is 36.8. The predicted molar refractivity (Wildman–Crippen MR) is 72.8 cm³/mol. The van der Waals surface area contributed by atoms with E-state index in [0.717, 1.165) is 31.6 Å². The Kier molecular flexibility index (Phi) is 5.42. The average Bonchev–Trinajstić information content (AvgIpc) is 2.76. The molecule has 0 radical (unpaired) electrons. The maximum Gasteiger partial charge on any atom is 0.0971 e. The van der Waals surface area contributed by atoms with E-state index in [-0.39, 0.29) is 12.2 Å². The van der Waals surface area contributed by atoms with Crippen molar-refractivity contribution >= 4 is 0 Å². The number of likely N-dealkylation sites (tertiary alicyclic amines) is 1. The number of methoxy groups -OCH3 is 2. The van der Waals surface area contributed by atoms with Crippen molar-refractivity contribution < 1.29 is 9.47 Å². The summed E-state index contributed by atoms with van der Waals surface area (Å²) in [5.41, 5.74) is 0. The van der Waals surface area contributed by atoms with Crippen molar-refractivity contribution in [2.75, 3.05) is 40.4 Å². The van der Waals surface area contributed by atoms with Crippen molar-refractivity contribution in [3.8, 4) is 0 Å². The van der Waals surface area contributed by atoms with Gasteiger partial charge < -0.3 is 14.8 Å². The van der Waals surface area contributed by atoms with Crippen LogP contribution in [0.4, 0.5) is 0 Å². The van der Waals surface area contributed by atoms with Crippen molar-refractivity contribution in [1.29, 1.82) is 0 Å². The summed E-state index contributed by atoms with van der Waals surface area (Å²) < 4.78 is 11.0. The Morgan fingerprint density at radius 2 is 1.78 bits per heavy atom. The topological polar surface area (TPSA) is 33.7 Å². The molecular formula is C14H28N2O2. The number of ether oxygens (including phenoxy) is 2. The van der Waals surface area contributed by atoms with Gasteiger partial charge in [0, 0.05) is 33.4 Å². The first-order chi connectivity index (χ1) is 8.80. The van der Waals surface area contributed by atoms with Gasteiger partial charge in [0.15, 0.2) is 0 Å². The highest BCUT2D eigenvalue weighted by Gasteiger charge is 2.42. The lowest BCUT2D eigenvalue weighted by molar-refractivity contribution is -0.00461. The lowest BCUT2D eigenvalue weighted by atomic mass is 9.78. The Morgan fingerprint density at radius 1 is 1.11 bits per heavy atom. The van der Waals surface area contributed by atoms with Crippen LogP contribution in [-0.2, 0) is 9.47 Å². The molecule has 4 heteroatoms. The molecule has 1 aliphatic heterocycles. The highest BCUT2D eigenvalue weighted by atomic mass is 16.5. The van der Waals surface area contributed by atoms with Gasteiger partial charge in [0.1, 0.15) is 0 Å². The molecule has 0 spiro atoms. The van der Waals surface area contributed by atoms with E-state index in [0.29, 0.717) is 0 Å². The summed E-state index contributed by atoms with van der Waals surface area (Å²) in [6.07, 6.45) is 4.43. The van der Waals surface area contributed by atoms with Crippen LogP contribution < -0.4 is 5.32 Å². The minimum absolute atomic E-state index is 0.250. The molecule has 1 saturated heterocycles. The first-order valence-corrected chi connectivity index (χ1v) is 7.30. The zero-order valence-electron chi connectivity index (χ0n) is 12.0. The van der Waals surface area contributed by atoms with Crippen LogP contribution in [-0.4, -0.2) is 63.5 Å². The number of nitrogens with one attached hydrogen (secondary N) is 1. The van der Waals surface area contributed by atoms with Gasteiger partial charge in [-0.2, -0.15) is 0 Å². The predicted octanol–water partition coefficient (Wildman–Crippen LogP) is 1.11. The van der Waals surface area contributed by atoms with Gasteiger partial charge in [-0.3, -0.25) is 4.90 Å². The van der Waals surface area contributed by atoms with Gasteiger partial charge in [-0.25, -0.2) is 0 Å². The van der Waals surface area contributed by atoms with Crippen LogP contribution in [0, 0.1) is 5.92 Å². The van der Waals surface area contributed by atoms with Crippen molar-refractivity contribution in [3.05, 3.63) is 0 Å². The molecule has 0 aromatic rings. The maximum absolute atomic E-state index is 5.52. The molecule has 1 heterocycles. The maximum atomic E-state index is 5.52. The zero-order valence-corrected chi connectivity index (χ0v) is 12.0. The fourth-order valence-corrected chi connectivity index (χ4v) is 3.23. The lowest BCUT2D eigenvalue weighted by Gasteiger charge is -2.43. The van der Waals surface area contributed by atoms with Crippen molar-refractivity contribution in [3.63, 3.8) is 0 Å². The number of rotatable bonds is 7. The molecule has 4 unspecified atom stereocenters. The number of nitrogens with zero attached hydrogens (tertiary/aromatic N) is 1. The van der Waals surface area contributed by atoms with Crippen LogP contribution in [0.1, 0.15) is 26.2 Å². The number of hydrogen-bond donors (Lipinski definition) is 1. The molecule has 1 N–H and O–H groups in total. The molecule has 4 atom stereocenters. The molecule has 1 saturated carbocycles. The quantitative estimate of drug-likeness (QED) is 0.692. The van der Waals surface area contributed by atoms with Crippen LogP contribution in [0.3, 0.4) is 0 Å². The van der Waals surface area contributed by atoms with E-state index in [2.05, 4.69) is 17.1 Å². The molecule has 4 nitrogen and oxygen atoms in total. The Hall–Kier alpha value is -0.160. The molecule has 0 bridgehead atoms. The zero-order chi connectivity index (χ0) is 13.0. The highest BCUT2D eigenvalue weighted by molar-refractivity contribution is 4.96. The molecule has 0 amide bonds. The van der Waals surface area contributed by atoms with Gasteiger partial charge in [0.25, 0.3) is 0 Å². The molecular weight excluding hydrogens is 228 g/mol. The van der Waals surface area contributed by atoms with Gasteiger partial charge in [-0.1, -0.05) is 6.92 Å². The van der Waals surface area contributed by atoms with Crippen LogP contribution >= 0.6 is 0 Å². The SMILES string of the molecule is CCCNCC1CCC1N1CC(OC)C(OC)C1. The minimum atomic E-state index is 0.250. The second-order valence-electron chi connectivity index (χ2n) is 5.61. The van der Waals surface area contributed by atoms with E-state index in [4.69, 9.17) is 9.47 Å². The third-order valence-electron chi connectivity index (χ3n) is 4.53. The lowest BCUT2D eigenvalue weighted by Crippen LogP contribution is -2.50. The summed E-state index contributed by atoms with van der Waals surface area (Å²) in [5, 5.41) is 3.55. The smallest absolute Gasteiger partial charge is 0.0971 e. The van der Waals surface area contributed by atoms with E-state index in [9.17, 15) is 0 Å². The summed E-state index contributed by atoms with van der Waals surface area (Å²) in [7, 11) is 3.59.